The van der Waals surface area contributed by atoms with E-state index in [4.69, 9.17) is 37.9 Å². The molecule has 0 radical (unpaired) electrons. The summed E-state index contributed by atoms with van der Waals surface area (Å²) in [7, 11) is 0. The molecule has 2 heterocycles. The Morgan fingerprint density at radius 3 is 1.25 bits per heavy atom. The van der Waals surface area contributed by atoms with Gasteiger partial charge in [0.25, 0.3) is 0 Å². The van der Waals surface area contributed by atoms with Crippen molar-refractivity contribution in [3.05, 3.63) is 0 Å². The number of hydrogen-bond acceptors (Lipinski definition) is 19. The third-order valence-corrected chi connectivity index (χ3v) is 9.80. The van der Waals surface area contributed by atoms with Crippen molar-refractivity contribution in [3.63, 3.8) is 0 Å². The minimum atomic E-state index is -1.49. The molecular formula is C38H73N3O18. The number of aliphatic hydroxyl groups is 8. The molecular weight excluding hydrogens is 786 g/mol. The Hall–Kier alpha value is -1.74. The molecule has 2 aliphatic rings. The predicted molar refractivity (Wildman–Crippen MR) is 208 cm³/mol. The molecule has 0 aromatic carbocycles. The Bertz CT molecular complexity index is 989. The smallest absolute Gasteiger partial charge is 0.220 e. The van der Waals surface area contributed by atoms with Crippen LogP contribution in [0.2, 0.25) is 0 Å². The summed E-state index contributed by atoms with van der Waals surface area (Å²) in [6, 6.07) is 0. The second-order valence-electron chi connectivity index (χ2n) is 14.3. The highest BCUT2D eigenvalue weighted by Gasteiger charge is 2.45. The van der Waals surface area contributed by atoms with Gasteiger partial charge >= 0.3 is 0 Å². The van der Waals surface area contributed by atoms with Gasteiger partial charge in [0, 0.05) is 25.9 Å². The van der Waals surface area contributed by atoms with Crippen LogP contribution in [-0.4, -0.2) is 231 Å². The first kappa shape index (κ1) is 53.4. The van der Waals surface area contributed by atoms with Crippen molar-refractivity contribution < 1.29 is 88.3 Å². The van der Waals surface area contributed by atoms with Crippen molar-refractivity contribution in [1.82, 2.24) is 15.5 Å². The van der Waals surface area contributed by atoms with E-state index >= 15 is 0 Å². The first-order valence-corrected chi connectivity index (χ1v) is 20.9. The zero-order valence-electron chi connectivity index (χ0n) is 34.6. The van der Waals surface area contributed by atoms with Crippen molar-refractivity contribution in [2.24, 2.45) is 0 Å². The van der Waals surface area contributed by atoms with E-state index in [2.05, 4.69) is 22.5 Å². The van der Waals surface area contributed by atoms with E-state index < -0.39 is 74.6 Å². The van der Waals surface area contributed by atoms with Crippen LogP contribution < -0.4 is 10.6 Å². The molecule has 2 rings (SSSR count). The van der Waals surface area contributed by atoms with Crippen LogP contribution in [0, 0.1) is 0 Å². The van der Waals surface area contributed by atoms with Crippen molar-refractivity contribution in [2.75, 3.05) is 112 Å². The summed E-state index contributed by atoms with van der Waals surface area (Å²) in [5.74, 6) is -0.0230. The lowest BCUT2D eigenvalue weighted by atomic mass is 9.99. The number of hydrogen-bond donors (Lipinski definition) is 10. The van der Waals surface area contributed by atoms with Crippen LogP contribution in [0.3, 0.4) is 0 Å². The molecule has 2 saturated heterocycles. The average molecular weight is 860 g/mol. The number of carbonyl (C=O) groups excluding carboxylic acids is 2. The molecule has 2 amide bonds. The van der Waals surface area contributed by atoms with E-state index in [0.717, 1.165) is 58.2 Å². The first-order chi connectivity index (χ1) is 28.5. The number of unbranched alkanes of at least 4 members (excludes halogenated alkanes) is 4. The molecule has 0 spiro atoms. The molecule has 2 fully saturated rings. The van der Waals surface area contributed by atoms with Gasteiger partial charge < -0.3 is 94.3 Å². The molecule has 0 aromatic heterocycles. The molecule has 4 unspecified atom stereocenters. The monoisotopic (exact) mass is 859 g/mol. The summed E-state index contributed by atoms with van der Waals surface area (Å²) < 4.78 is 42.9. The van der Waals surface area contributed by atoms with Crippen LogP contribution in [0.4, 0.5) is 0 Å². The van der Waals surface area contributed by atoms with Gasteiger partial charge in [-0.05, 0) is 45.3 Å². The van der Waals surface area contributed by atoms with Gasteiger partial charge in [0.2, 0.25) is 11.8 Å². The largest absolute Gasteiger partial charge is 0.394 e. The molecule has 2 aliphatic heterocycles. The lowest BCUT2D eigenvalue weighted by Gasteiger charge is -2.39. The number of ether oxygens (including phenoxy) is 8. The van der Waals surface area contributed by atoms with Gasteiger partial charge in [0.1, 0.15) is 48.8 Å². The van der Waals surface area contributed by atoms with E-state index in [1.165, 1.54) is 0 Å². The van der Waals surface area contributed by atoms with E-state index in [-0.39, 0.29) is 38.2 Å². The predicted octanol–water partition coefficient (Wildman–Crippen LogP) is -3.64. The van der Waals surface area contributed by atoms with Gasteiger partial charge in [-0.2, -0.15) is 0 Å². The van der Waals surface area contributed by atoms with Crippen LogP contribution in [0.25, 0.3) is 0 Å². The fourth-order valence-corrected chi connectivity index (χ4v) is 6.23. The van der Waals surface area contributed by atoms with Crippen molar-refractivity contribution >= 4 is 11.8 Å². The summed E-state index contributed by atoms with van der Waals surface area (Å²) in [4.78, 5) is 26.7. The lowest BCUT2D eigenvalue weighted by Crippen LogP contribution is -2.59. The Kier molecular flexibility index (Phi) is 29.8. The Balaban J connectivity index is 1.31. The molecule has 348 valence electrons. The number of nitrogens with zero attached hydrogens (tertiary/aromatic N) is 1. The highest BCUT2D eigenvalue weighted by molar-refractivity contribution is 5.76. The molecule has 10 N–H and O–H groups in total. The van der Waals surface area contributed by atoms with Crippen LogP contribution >= 0.6 is 0 Å². The van der Waals surface area contributed by atoms with Crippen LogP contribution in [0.15, 0.2) is 0 Å². The van der Waals surface area contributed by atoms with Gasteiger partial charge in [-0.25, -0.2) is 0 Å². The zero-order chi connectivity index (χ0) is 43.3. The van der Waals surface area contributed by atoms with Gasteiger partial charge in [-0.3, -0.25) is 9.59 Å². The maximum Gasteiger partial charge on any atom is 0.220 e. The van der Waals surface area contributed by atoms with Gasteiger partial charge in [0.05, 0.1) is 79.3 Å². The maximum atomic E-state index is 12.1. The Morgan fingerprint density at radius 1 is 0.508 bits per heavy atom. The fraction of sp³-hybridized carbons (Fsp3) is 0.947. The van der Waals surface area contributed by atoms with Gasteiger partial charge in [0.15, 0.2) is 12.6 Å². The molecule has 0 aliphatic carbocycles. The number of rotatable bonds is 35. The average Bonchev–Trinajstić information content (AvgIpc) is 3.23. The molecule has 0 saturated carbocycles. The van der Waals surface area contributed by atoms with E-state index in [9.17, 15) is 50.4 Å². The maximum absolute atomic E-state index is 12.1. The second-order valence-corrected chi connectivity index (χ2v) is 14.3. The van der Waals surface area contributed by atoms with Gasteiger partial charge in [-0.1, -0.05) is 19.8 Å². The standard InChI is InChI=1S/C38H73N3O18/c1-2-41(13-7-3-5-9-29(44)39-11-15-52-17-19-54-21-23-56-37-35(50)33(48)31(46)27(25-42)58-37)14-8-4-6-10-30(45)40-12-16-53-18-20-55-22-24-57-38-36(51)34(49)32(47)28(26-43)59-38/h27-28,31-38,42-43,46-51H,2-26H2,1H3,(H,39,44)(H,40,45)/t27?,28?,31-,32-,33-,34-,35?,36?,37+,38+/m0/s1. The highest BCUT2D eigenvalue weighted by atomic mass is 16.7. The normalized spacial score (nSPS) is 27.3. The molecule has 59 heavy (non-hydrogen) atoms. The third-order valence-electron chi connectivity index (χ3n) is 9.80. The summed E-state index contributed by atoms with van der Waals surface area (Å²) in [5, 5.41) is 83.2. The molecule has 0 bridgehead atoms. The van der Waals surface area contributed by atoms with Crippen molar-refractivity contribution in [3.8, 4) is 0 Å². The number of nitrogens with one attached hydrogen (secondary N) is 2. The topological polar surface area (TPSA) is 297 Å². The summed E-state index contributed by atoms with van der Waals surface area (Å²) in [5.41, 5.74) is 0. The number of amides is 2. The summed E-state index contributed by atoms with van der Waals surface area (Å²) in [6.07, 6.45) is -6.76. The lowest BCUT2D eigenvalue weighted by molar-refractivity contribution is -0.302. The molecule has 21 heteroatoms. The highest BCUT2D eigenvalue weighted by Crippen LogP contribution is 2.23. The third kappa shape index (κ3) is 22.3. The first-order valence-electron chi connectivity index (χ1n) is 20.9. The van der Waals surface area contributed by atoms with Crippen LogP contribution in [-0.2, 0) is 47.5 Å². The van der Waals surface area contributed by atoms with Crippen molar-refractivity contribution in [1.29, 1.82) is 0 Å². The molecule has 10 atom stereocenters. The summed E-state index contributed by atoms with van der Waals surface area (Å²) >= 11 is 0. The minimum absolute atomic E-state index is 0.0115. The summed E-state index contributed by atoms with van der Waals surface area (Å²) in [6.45, 7) is 7.14. The van der Waals surface area contributed by atoms with Crippen LogP contribution in [0.5, 0.6) is 0 Å². The van der Waals surface area contributed by atoms with E-state index in [1.807, 2.05) is 0 Å². The second kappa shape index (κ2) is 32.9. The Morgan fingerprint density at radius 2 is 0.881 bits per heavy atom. The van der Waals surface area contributed by atoms with Crippen molar-refractivity contribution in [2.45, 2.75) is 120 Å². The molecule has 21 nitrogen and oxygen atoms in total. The Labute approximate surface area is 347 Å². The number of aliphatic hydroxyl groups excluding tert-OH is 8. The minimum Gasteiger partial charge on any atom is -0.394 e. The molecule has 0 aromatic rings. The number of carbonyl (C=O) groups is 2. The SMILES string of the molecule is CCN(CCCCCC(=O)NCCOCCOCCO[C@@H]1OC(CO)[C@H](O)[C@H](O)C1O)CCCCCC(=O)NCCOCCOCCO[C@@H]1OC(CO)[C@H](O)[C@H](O)C1O. The van der Waals surface area contributed by atoms with E-state index in [1.54, 1.807) is 0 Å². The van der Waals surface area contributed by atoms with Gasteiger partial charge in [-0.15, -0.1) is 0 Å². The zero-order valence-corrected chi connectivity index (χ0v) is 34.6. The quantitative estimate of drug-likeness (QED) is 0.0275. The van der Waals surface area contributed by atoms with Crippen LogP contribution in [0.1, 0.15) is 58.3 Å². The fourth-order valence-electron chi connectivity index (χ4n) is 6.23. The van der Waals surface area contributed by atoms with E-state index in [0.29, 0.717) is 65.6 Å².